The van der Waals surface area contributed by atoms with Crippen LogP contribution in [0.2, 0.25) is 0 Å². The molecule has 2 aromatic rings. The van der Waals surface area contributed by atoms with E-state index in [4.69, 9.17) is 4.74 Å². The summed E-state index contributed by atoms with van der Waals surface area (Å²) in [6.07, 6.45) is 1.59. The lowest BCUT2D eigenvalue weighted by molar-refractivity contribution is -0.129. The van der Waals surface area contributed by atoms with Crippen LogP contribution in [0, 0.1) is 6.92 Å². The molecule has 0 aliphatic carbocycles. The van der Waals surface area contributed by atoms with Gasteiger partial charge in [0, 0.05) is 5.56 Å². The van der Waals surface area contributed by atoms with E-state index in [1.807, 2.05) is 31.2 Å². The molecule has 0 radical (unpaired) electrons. The number of ether oxygens (including phenoxy) is 1. The summed E-state index contributed by atoms with van der Waals surface area (Å²) in [5, 5.41) is 9.43. The van der Waals surface area contributed by atoms with Crippen molar-refractivity contribution in [1.29, 1.82) is 0 Å². The zero-order valence-electron chi connectivity index (χ0n) is 11.4. The normalized spacial score (nSPS) is 16.0. The average molecular weight is 279 g/mol. The van der Waals surface area contributed by atoms with Gasteiger partial charge in [0.25, 0.3) is 0 Å². The van der Waals surface area contributed by atoms with Crippen molar-refractivity contribution in [2.75, 3.05) is 0 Å². The van der Waals surface area contributed by atoms with Gasteiger partial charge in [0.2, 0.25) is 5.90 Å². The van der Waals surface area contributed by atoms with E-state index in [-0.39, 0.29) is 11.4 Å². The first-order valence-corrected chi connectivity index (χ1v) is 6.50. The van der Waals surface area contributed by atoms with E-state index < -0.39 is 5.97 Å². The second-order valence-corrected chi connectivity index (χ2v) is 4.80. The summed E-state index contributed by atoms with van der Waals surface area (Å²) in [6.45, 7) is 1.99. The minimum Gasteiger partial charge on any atom is -0.508 e. The molecule has 21 heavy (non-hydrogen) atoms. The van der Waals surface area contributed by atoms with Gasteiger partial charge >= 0.3 is 5.97 Å². The molecule has 1 heterocycles. The molecule has 1 N–H and O–H groups in total. The Morgan fingerprint density at radius 2 is 1.90 bits per heavy atom. The quantitative estimate of drug-likeness (QED) is 0.679. The number of hydrogen-bond acceptors (Lipinski definition) is 4. The highest BCUT2D eigenvalue weighted by atomic mass is 16.6. The Balaban J connectivity index is 1.93. The topological polar surface area (TPSA) is 58.9 Å². The van der Waals surface area contributed by atoms with Crippen LogP contribution in [0.15, 0.2) is 59.2 Å². The molecule has 2 aromatic carbocycles. The van der Waals surface area contributed by atoms with Crippen molar-refractivity contribution in [3.8, 4) is 5.75 Å². The van der Waals surface area contributed by atoms with Crippen molar-refractivity contribution in [3.63, 3.8) is 0 Å². The number of aromatic hydroxyl groups is 1. The number of cyclic esters (lactones) is 1. The molecule has 1 aliphatic rings. The second kappa shape index (κ2) is 5.25. The van der Waals surface area contributed by atoms with Crippen LogP contribution in [0.5, 0.6) is 5.75 Å². The van der Waals surface area contributed by atoms with Crippen molar-refractivity contribution >= 4 is 17.9 Å². The maximum atomic E-state index is 11.8. The molecule has 4 heteroatoms. The average Bonchev–Trinajstić information content (AvgIpc) is 2.81. The van der Waals surface area contributed by atoms with E-state index >= 15 is 0 Å². The first-order valence-electron chi connectivity index (χ1n) is 6.50. The molecule has 4 nitrogen and oxygen atoms in total. The lowest BCUT2D eigenvalue weighted by atomic mass is 10.1. The third-order valence-corrected chi connectivity index (χ3v) is 3.09. The van der Waals surface area contributed by atoms with Crippen LogP contribution in [0.3, 0.4) is 0 Å². The number of phenols is 1. The largest absolute Gasteiger partial charge is 0.508 e. The number of carbonyl (C=O) groups excluding carboxylic acids is 1. The highest BCUT2D eigenvalue weighted by Crippen LogP contribution is 2.20. The van der Waals surface area contributed by atoms with Crippen LogP contribution in [-0.2, 0) is 9.53 Å². The number of aliphatic imine (C=N–C) groups is 1. The van der Waals surface area contributed by atoms with Crippen LogP contribution in [0.25, 0.3) is 6.08 Å². The monoisotopic (exact) mass is 279 g/mol. The van der Waals surface area contributed by atoms with Crippen LogP contribution in [0.1, 0.15) is 16.7 Å². The molecule has 0 saturated carbocycles. The second-order valence-electron chi connectivity index (χ2n) is 4.80. The summed E-state index contributed by atoms with van der Waals surface area (Å²) in [5.41, 5.74) is 2.79. The van der Waals surface area contributed by atoms with E-state index in [9.17, 15) is 9.90 Å². The van der Waals surface area contributed by atoms with Gasteiger partial charge in [-0.15, -0.1) is 0 Å². The summed E-state index contributed by atoms with van der Waals surface area (Å²) in [4.78, 5) is 16.1. The van der Waals surface area contributed by atoms with Crippen molar-refractivity contribution < 1.29 is 14.6 Å². The van der Waals surface area contributed by atoms with Gasteiger partial charge < -0.3 is 9.84 Å². The highest BCUT2D eigenvalue weighted by molar-refractivity contribution is 6.12. The molecule has 0 bridgehead atoms. The summed E-state index contributed by atoms with van der Waals surface area (Å²) in [5.74, 6) is -0.0567. The molecule has 0 saturated heterocycles. The minimum atomic E-state index is -0.492. The molecular weight excluding hydrogens is 266 g/mol. The van der Waals surface area contributed by atoms with Gasteiger partial charge in [-0.3, -0.25) is 0 Å². The number of phenolic OH excluding ortho intramolecular Hbond substituents is 1. The lowest BCUT2D eigenvalue weighted by Gasteiger charge is -1.99. The van der Waals surface area contributed by atoms with Crippen molar-refractivity contribution in [3.05, 3.63) is 70.9 Å². The summed E-state index contributed by atoms with van der Waals surface area (Å²) in [7, 11) is 0. The fourth-order valence-electron chi connectivity index (χ4n) is 2.00. The molecule has 0 spiro atoms. The molecule has 0 aromatic heterocycles. The van der Waals surface area contributed by atoms with Crippen molar-refractivity contribution in [2.45, 2.75) is 6.92 Å². The minimum absolute atomic E-state index is 0.137. The molecule has 0 unspecified atom stereocenters. The molecule has 1 aliphatic heterocycles. The van der Waals surface area contributed by atoms with Gasteiger partial charge in [-0.2, -0.15) is 0 Å². The third kappa shape index (κ3) is 2.84. The molecule has 0 amide bonds. The number of nitrogens with zero attached hydrogens (tertiary/aromatic N) is 1. The van der Waals surface area contributed by atoms with Crippen molar-refractivity contribution in [2.24, 2.45) is 4.99 Å². The first kappa shape index (κ1) is 13.1. The zero-order valence-corrected chi connectivity index (χ0v) is 11.4. The van der Waals surface area contributed by atoms with E-state index in [1.165, 1.54) is 0 Å². The van der Waals surface area contributed by atoms with Crippen LogP contribution >= 0.6 is 0 Å². The van der Waals surface area contributed by atoms with Crippen LogP contribution in [0.4, 0.5) is 0 Å². The Labute approximate surface area is 122 Å². The van der Waals surface area contributed by atoms with Crippen molar-refractivity contribution in [1.82, 2.24) is 0 Å². The first-order chi connectivity index (χ1) is 10.1. The van der Waals surface area contributed by atoms with E-state index in [1.54, 1.807) is 30.3 Å². The maximum absolute atomic E-state index is 11.8. The van der Waals surface area contributed by atoms with E-state index in [0.29, 0.717) is 11.5 Å². The van der Waals surface area contributed by atoms with Crippen LogP contribution in [-0.4, -0.2) is 17.0 Å². The Hall–Kier alpha value is -2.88. The Bertz CT molecular complexity index is 758. The Morgan fingerprint density at radius 3 is 2.62 bits per heavy atom. The summed E-state index contributed by atoms with van der Waals surface area (Å²) in [6, 6.07) is 14.2. The highest BCUT2D eigenvalue weighted by Gasteiger charge is 2.23. The van der Waals surface area contributed by atoms with Gasteiger partial charge in [-0.05, 0) is 42.8 Å². The number of rotatable bonds is 2. The lowest BCUT2D eigenvalue weighted by Crippen LogP contribution is -2.05. The Kier molecular flexibility index (Phi) is 3.28. The SMILES string of the molecule is Cc1ccc(C2=N/C(=C/c3cccc(O)c3)C(=O)O2)cc1. The standard InChI is InChI=1S/C17H13NO3/c1-11-5-7-13(8-6-11)16-18-15(17(20)21-16)10-12-3-2-4-14(19)9-12/h2-10,19H,1H3/b15-10+. The van der Waals surface area contributed by atoms with E-state index in [2.05, 4.69) is 4.99 Å². The number of esters is 1. The van der Waals surface area contributed by atoms with Gasteiger partial charge in [-0.1, -0.05) is 29.8 Å². The maximum Gasteiger partial charge on any atom is 0.363 e. The number of aryl methyl sites for hydroxylation is 1. The Morgan fingerprint density at radius 1 is 1.14 bits per heavy atom. The molecule has 0 fully saturated rings. The fourth-order valence-corrected chi connectivity index (χ4v) is 2.00. The zero-order chi connectivity index (χ0) is 14.8. The van der Waals surface area contributed by atoms with Gasteiger partial charge in [0.05, 0.1) is 0 Å². The fraction of sp³-hybridized carbons (Fsp3) is 0.0588. The number of benzene rings is 2. The molecule has 0 atom stereocenters. The summed E-state index contributed by atoms with van der Waals surface area (Å²) >= 11 is 0. The van der Waals surface area contributed by atoms with Gasteiger partial charge in [-0.25, -0.2) is 9.79 Å². The number of hydrogen-bond donors (Lipinski definition) is 1. The molecule has 3 rings (SSSR count). The van der Waals surface area contributed by atoms with Gasteiger partial charge in [0.15, 0.2) is 5.70 Å². The van der Waals surface area contributed by atoms with Gasteiger partial charge in [0.1, 0.15) is 5.75 Å². The smallest absolute Gasteiger partial charge is 0.363 e. The van der Waals surface area contributed by atoms with E-state index in [0.717, 1.165) is 11.1 Å². The predicted molar refractivity (Wildman–Crippen MR) is 79.9 cm³/mol. The third-order valence-electron chi connectivity index (χ3n) is 3.09. The summed E-state index contributed by atoms with van der Waals surface area (Å²) < 4.78 is 5.18. The number of carbonyl (C=O) groups is 1. The van der Waals surface area contributed by atoms with Crippen LogP contribution < -0.4 is 0 Å². The predicted octanol–water partition coefficient (Wildman–Crippen LogP) is 3.05. The molecular formula is C17H13NO3. The molecule has 104 valence electrons.